The van der Waals surface area contributed by atoms with E-state index in [4.69, 9.17) is 10.2 Å². The molecule has 0 spiro atoms. The number of nitrogens with zero attached hydrogens (tertiary/aromatic N) is 1. The lowest BCUT2D eigenvalue weighted by atomic mass is 9.93. The summed E-state index contributed by atoms with van der Waals surface area (Å²) in [6.45, 7) is 4.51. The molecule has 0 unspecified atom stereocenters. The van der Waals surface area contributed by atoms with Crippen LogP contribution in [0.1, 0.15) is 19.6 Å². The Morgan fingerprint density at radius 2 is 2.22 bits per heavy atom. The molecule has 18 heavy (non-hydrogen) atoms. The molecule has 1 heterocycles. The molecule has 1 aromatic heterocycles. The van der Waals surface area contributed by atoms with E-state index in [-0.39, 0.29) is 5.91 Å². The standard InChI is InChI=1S/C12H20N4O2/c1-12(2,10(13)17)8-16-11(14-3)15-7-9-5-4-6-18-9/h4-6H,7-8H2,1-3H3,(H2,13,17)(H2,14,15,16). The minimum absolute atomic E-state index is 0.350. The van der Waals surface area contributed by atoms with Crippen LogP contribution in [0.2, 0.25) is 0 Å². The number of hydrogen-bond acceptors (Lipinski definition) is 3. The highest BCUT2D eigenvalue weighted by Gasteiger charge is 2.24. The fourth-order valence-electron chi connectivity index (χ4n) is 1.20. The predicted molar refractivity (Wildman–Crippen MR) is 69.9 cm³/mol. The molecule has 0 saturated carbocycles. The summed E-state index contributed by atoms with van der Waals surface area (Å²) in [6.07, 6.45) is 1.61. The third-order valence-corrected chi connectivity index (χ3v) is 2.60. The summed E-state index contributed by atoms with van der Waals surface area (Å²) < 4.78 is 5.19. The van der Waals surface area contributed by atoms with Gasteiger partial charge in [-0.1, -0.05) is 0 Å². The van der Waals surface area contributed by atoms with Crippen molar-refractivity contribution in [2.75, 3.05) is 13.6 Å². The fourth-order valence-corrected chi connectivity index (χ4v) is 1.20. The molecule has 0 atom stereocenters. The van der Waals surface area contributed by atoms with Crippen LogP contribution < -0.4 is 16.4 Å². The second-order valence-corrected chi connectivity index (χ2v) is 4.61. The van der Waals surface area contributed by atoms with Crippen LogP contribution in [0.3, 0.4) is 0 Å². The molecule has 6 heteroatoms. The second kappa shape index (κ2) is 6.09. The molecule has 0 aromatic carbocycles. The van der Waals surface area contributed by atoms with Gasteiger partial charge in [-0.25, -0.2) is 0 Å². The van der Waals surface area contributed by atoms with Gasteiger partial charge in [-0.3, -0.25) is 9.79 Å². The van der Waals surface area contributed by atoms with Crippen LogP contribution in [0.15, 0.2) is 27.8 Å². The monoisotopic (exact) mass is 252 g/mol. The van der Waals surface area contributed by atoms with E-state index in [2.05, 4.69) is 15.6 Å². The van der Waals surface area contributed by atoms with Crippen molar-refractivity contribution in [1.29, 1.82) is 0 Å². The van der Waals surface area contributed by atoms with E-state index in [9.17, 15) is 4.79 Å². The number of primary amides is 1. The van der Waals surface area contributed by atoms with Gasteiger partial charge in [0.05, 0.1) is 18.2 Å². The minimum atomic E-state index is -0.623. The summed E-state index contributed by atoms with van der Waals surface area (Å²) in [4.78, 5) is 15.2. The highest BCUT2D eigenvalue weighted by Crippen LogP contribution is 2.11. The lowest BCUT2D eigenvalue weighted by Crippen LogP contribution is -2.46. The van der Waals surface area contributed by atoms with Crippen molar-refractivity contribution in [1.82, 2.24) is 10.6 Å². The van der Waals surface area contributed by atoms with Crippen LogP contribution >= 0.6 is 0 Å². The first kappa shape index (κ1) is 14.1. The van der Waals surface area contributed by atoms with Crippen LogP contribution in [0, 0.1) is 5.41 Å². The Kier molecular flexibility index (Phi) is 4.76. The van der Waals surface area contributed by atoms with Crippen molar-refractivity contribution >= 4 is 11.9 Å². The Morgan fingerprint density at radius 1 is 1.50 bits per heavy atom. The van der Waals surface area contributed by atoms with Crippen LogP contribution in [0.5, 0.6) is 0 Å². The zero-order valence-corrected chi connectivity index (χ0v) is 11.0. The molecule has 0 bridgehead atoms. The number of aliphatic imine (C=N–C) groups is 1. The Hall–Kier alpha value is -1.98. The first-order valence-electron chi connectivity index (χ1n) is 5.72. The Labute approximate surface area is 107 Å². The highest BCUT2D eigenvalue weighted by atomic mass is 16.3. The zero-order chi connectivity index (χ0) is 13.6. The average Bonchev–Trinajstić information content (AvgIpc) is 2.82. The average molecular weight is 252 g/mol. The van der Waals surface area contributed by atoms with Crippen molar-refractivity contribution in [3.8, 4) is 0 Å². The fraction of sp³-hybridized carbons (Fsp3) is 0.500. The number of amides is 1. The van der Waals surface area contributed by atoms with Crippen molar-refractivity contribution in [2.24, 2.45) is 16.1 Å². The number of furan rings is 1. The molecule has 6 nitrogen and oxygen atoms in total. The van der Waals surface area contributed by atoms with Gasteiger partial charge in [-0.05, 0) is 26.0 Å². The summed E-state index contributed by atoms with van der Waals surface area (Å²) >= 11 is 0. The van der Waals surface area contributed by atoms with Crippen LogP contribution in [0.25, 0.3) is 0 Å². The summed E-state index contributed by atoms with van der Waals surface area (Å²) in [6, 6.07) is 3.69. The van der Waals surface area contributed by atoms with Gasteiger partial charge in [-0.15, -0.1) is 0 Å². The molecule has 1 rings (SSSR count). The smallest absolute Gasteiger partial charge is 0.224 e. The maximum Gasteiger partial charge on any atom is 0.224 e. The quantitative estimate of drug-likeness (QED) is 0.524. The molecule has 0 radical (unpaired) electrons. The first-order chi connectivity index (χ1) is 8.45. The van der Waals surface area contributed by atoms with E-state index in [1.807, 2.05) is 12.1 Å². The van der Waals surface area contributed by atoms with Crippen molar-refractivity contribution in [3.05, 3.63) is 24.2 Å². The molecule has 0 aliphatic heterocycles. The van der Waals surface area contributed by atoms with E-state index in [0.29, 0.717) is 19.0 Å². The van der Waals surface area contributed by atoms with Gasteiger partial charge in [0.2, 0.25) is 5.91 Å². The number of carbonyl (C=O) groups excluding carboxylic acids is 1. The number of hydrogen-bond donors (Lipinski definition) is 3. The molecular formula is C12H20N4O2. The van der Waals surface area contributed by atoms with Gasteiger partial charge >= 0.3 is 0 Å². The summed E-state index contributed by atoms with van der Waals surface area (Å²) in [5, 5.41) is 6.13. The predicted octanol–water partition coefficient (Wildman–Crippen LogP) is 0.456. The molecule has 4 N–H and O–H groups in total. The van der Waals surface area contributed by atoms with Gasteiger partial charge in [0, 0.05) is 13.6 Å². The van der Waals surface area contributed by atoms with Crippen molar-refractivity contribution in [3.63, 3.8) is 0 Å². The van der Waals surface area contributed by atoms with Crippen molar-refractivity contribution < 1.29 is 9.21 Å². The number of rotatable bonds is 5. The van der Waals surface area contributed by atoms with E-state index in [1.165, 1.54) is 0 Å². The molecular weight excluding hydrogens is 232 g/mol. The van der Waals surface area contributed by atoms with Gasteiger partial charge in [0.1, 0.15) is 5.76 Å². The van der Waals surface area contributed by atoms with Crippen LogP contribution in [-0.4, -0.2) is 25.5 Å². The summed E-state index contributed by atoms with van der Waals surface area (Å²) in [7, 11) is 1.66. The molecule has 100 valence electrons. The number of nitrogens with two attached hydrogens (primary N) is 1. The van der Waals surface area contributed by atoms with E-state index in [1.54, 1.807) is 27.2 Å². The van der Waals surface area contributed by atoms with Gasteiger partial charge in [-0.2, -0.15) is 0 Å². The highest BCUT2D eigenvalue weighted by molar-refractivity contribution is 5.83. The minimum Gasteiger partial charge on any atom is -0.467 e. The Morgan fingerprint density at radius 3 is 2.72 bits per heavy atom. The van der Waals surface area contributed by atoms with Crippen molar-refractivity contribution in [2.45, 2.75) is 20.4 Å². The summed E-state index contributed by atoms with van der Waals surface area (Å²) in [5.74, 6) is 1.06. The lowest BCUT2D eigenvalue weighted by molar-refractivity contribution is -0.125. The number of nitrogens with one attached hydrogen (secondary N) is 2. The first-order valence-corrected chi connectivity index (χ1v) is 5.72. The van der Waals surface area contributed by atoms with E-state index >= 15 is 0 Å². The second-order valence-electron chi connectivity index (χ2n) is 4.61. The third-order valence-electron chi connectivity index (χ3n) is 2.60. The van der Waals surface area contributed by atoms with Crippen LogP contribution in [0.4, 0.5) is 0 Å². The molecule has 0 aliphatic rings. The maximum absolute atomic E-state index is 11.2. The molecule has 0 aliphatic carbocycles. The Balaban J connectivity index is 2.41. The van der Waals surface area contributed by atoms with E-state index in [0.717, 1.165) is 5.76 Å². The third kappa shape index (κ3) is 4.12. The van der Waals surface area contributed by atoms with Gasteiger partial charge in [0.25, 0.3) is 0 Å². The lowest BCUT2D eigenvalue weighted by Gasteiger charge is -2.22. The molecule has 1 aromatic rings. The van der Waals surface area contributed by atoms with Crippen LogP contribution in [-0.2, 0) is 11.3 Å². The summed E-state index contributed by atoms with van der Waals surface area (Å²) in [5.41, 5.74) is 4.67. The van der Waals surface area contributed by atoms with Gasteiger partial charge in [0.15, 0.2) is 5.96 Å². The SMILES string of the molecule is CN=C(NCc1ccco1)NCC(C)(C)C(N)=O. The van der Waals surface area contributed by atoms with E-state index < -0.39 is 5.41 Å². The van der Waals surface area contributed by atoms with Gasteiger partial charge < -0.3 is 20.8 Å². The number of carbonyl (C=O) groups is 1. The molecule has 0 saturated heterocycles. The number of guanidine groups is 1. The molecule has 0 fully saturated rings. The molecule has 1 amide bonds. The normalized spacial score (nSPS) is 12.3. The Bertz CT molecular complexity index is 410. The largest absolute Gasteiger partial charge is 0.467 e. The topological polar surface area (TPSA) is 92.7 Å². The maximum atomic E-state index is 11.2. The zero-order valence-electron chi connectivity index (χ0n) is 11.0.